The molecule has 2 nitrogen and oxygen atoms in total. The molecular formula is C21H22BO2P. The van der Waals surface area contributed by atoms with Gasteiger partial charge < -0.3 is 9.31 Å². The van der Waals surface area contributed by atoms with Gasteiger partial charge in [-0.2, -0.15) is 0 Å². The van der Waals surface area contributed by atoms with Crippen LogP contribution in [0.15, 0.2) is 84.9 Å². The summed E-state index contributed by atoms with van der Waals surface area (Å²) < 4.78 is 10.9. The van der Waals surface area contributed by atoms with E-state index in [-0.39, 0.29) is 7.12 Å². The predicted octanol–water partition coefficient (Wildman–Crippen LogP) is 3.31. The van der Waals surface area contributed by atoms with Crippen molar-refractivity contribution in [2.24, 2.45) is 0 Å². The van der Waals surface area contributed by atoms with Crippen molar-refractivity contribution in [3.05, 3.63) is 90.5 Å². The van der Waals surface area contributed by atoms with E-state index >= 15 is 0 Å². The molecule has 0 amide bonds. The van der Waals surface area contributed by atoms with Crippen LogP contribution in [0.5, 0.6) is 0 Å². The highest BCUT2D eigenvalue weighted by atomic mass is 31.1. The lowest BCUT2D eigenvalue weighted by Crippen LogP contribution is -2.29. The summed E-state index contributed by atoms with van der Waals surface area (Å²) in [6, 6.07) is 30.1. The van der Waals surface area contributed by atoms with Gasteiger partial charge in [-0.15, -0.1) is 0 Å². The lowest BCUT2D eigenvalue weighted by Gasteiger charge is -2.23. The fraction of sp³-hybridized carbons (Fsp3) is 0.143. The molecule has 0 unspecified atom stereocenters. The van der Waals surface area contributed by atoms with Crippen LogP contribution in [-0.4, -0.2) is 21.3 Å². The molecule has 0 radical (unpaired) electrons. The van der Waals surface area contributed by atoms with Gasteiger partial charge in [-0.1, -0.05) is 84.9 Å². The van der Waals surface area contributed by atoms with Gasteiger partial charge in [0.25, 0.3) is 0 Å². The van der Waals surface area contributed by atoms with Crippen molar-refractivity contribution in [2.75, 3.05) is 14.2 Å². The molecule has 3 rings (SSSR count). The molecular weight excluding hydrogens is 326 g/mol. The number of benzene rings is 3. The molecule has 4 heteroatoms. The summed E-state index contributed by atoms with van der Waals surface area (Å²) in [5.41, 5.74) is 1.27. The molecule has 0 aliphatic rings. The van der Waals surface area contributed by atoms with Crippen LogP contribution in [0.3, 0.4) is 0 Å². The molecule has 0 bridgehead atoms. The van der Waals surface area contributed by atoms with E-state index in [1.54, 1.807) is 14.2 Å². The average Bonchev–Trinajstić information content (AvgIpc) is 2.69. The highest BCUT2D eigenvalue weighted by molar-refractivity contribution is 7.79. The van der Waals surface area contributed by atoms with Crippen molar-refractivity contribution in [3.63, 3.8) is 0 Å². The Morgan fingerprint density at radius 2 is 1.16 bits per heavy atom. The summed E-state index contributed by atoms with van der Waals surface area (Å²) >= 11 is 0. The molecule has 0 aliphatic heterocycles. The minimum atomic E-state index is -0.619. The molecule has 0 heterocycles. The second-order valence-corrected chi connectivity index (χ2v) is 7.93. The first-order valence-corrected chi connectivity index (χ1v) is 9.71. The maximum absolute atomic E-state index is 5.43. The normalized spacial score (nSPS) is 10.8. The summed E-state index contributed by atoms with van der Waals surface area (Å²) in [5, 5.41) is 4.05. The third-order valence-electron chi connectivity index (χ3n) is 4.17. The first kappa shape index (κ1) is 17.9. The lowest BCUT2D eigenvalue weighted by molar-refractivity contribution is 0.277. The Labute approximate surface area is 151 Å². The molecule has 0 saturated carbocycles. The zero-order valence-electron chi connectivity index (χ0n) is 14.6. The molecule has 0 fully saturated rings. The minimum absolute atomic E-state index is 0.232. The smallest absolute Gasteiger partial charge is 0.414 e. The minimum Gasteiger partial charge on any atom is -0.414 e. The van der Waals surface area contributed by atoms with Gasteiger partial charge in [0.05, 0.1) is 0 Å². The topological polar surface area (TPSA) is 18.5 Å². The number of hydrogen-bond donors (Lipinski definition) is 0. The standard InChI is InChI=1S/C21H22BO2P/c1-23-22(24-2)17-18-11-9-10-16-21(18)25(19-12-5-3-6-13-19)20-14-7-4-8-15-20/h3-16H,17H2,1-2H3. The van der Waals surface area contributed by atoms with Crippen LogP contribution < -0.4 is 15.9 Å². The molecule has 0 N–H and O–H groups in total. The van der Waals surface area contributed by atoms with Gasteiger partial charge in [0.15, 0.2) is 0 Å². The van der Waals surface area contributed by atoms with Gasteiger partial charge in [-0.3, -0.25) is 0 Å². The number of rotatable bonds is 7. The van der Waals surface area contributed by atoms with E-state index in [2.05, 4.69) is 84.9 Å². The fourth-order valence-electron chi connectivity index (χ4n) is 2.93. The largest absolute Gasteiger partial charge is 0.461 e. The van der Waals surface area contributed by atoms with Crippen molar-refractivity contribution in [3.8, 4) is 0 Å². The Balaban J connectivity index is 2.08. The van der Waals surface area contributed by atoms with Crippen molar-refractivity contribution in [2.45, 2.75) is 6.32 Å². The molecule has 0 aromatic heterocycles. The van der Waals surface area contributed by atoms with E-state index < -0.39 is 7.92 Å². The highest BCUT2D eigenvalue weighted by Crippen LogP contribution is 2.34. The fourth-order valence-corrected chi connectivity index (χ4v) is 5.41. The van der Waals surface area contributed by atoms with Crippen LogP contribution in [0.4, 0.5) is 0 Å². The van der Waals surface area contributed by atoms with Gasteiger partial charge >= 0.3 is 7.12 Å². The molecule has 0 saturated heterocycles. The highest BCUT2D eigenvalue weighted by Gasteiger charge is 2.23. The van der Waals surface area contributed by atoms with Crippen molar-refractivity contribution >= 4 is 31.0 Å². The van der Waals surface area contributed by atoms with Gasteiger partial charge in [-0.05, 0) is 29.4 Å². The zero-order chi connectivity index (χ0) is 17.5. The Morgan fingerprint density at radius 1 is 0.680 bits per heavy atom. The summed E-state index contributed by atoms with van der Waals surface area (Å²) in [4.78, 5) is 0. The summed E-state index contributed by atoms with van der Waals surface area (Å²) in [6.07, 6.45) is 0.738. The molecule has 25 heavy (non-hydrogen) atoms. The van der Waals surface area contributed by atoms with E-state index in [1.165, 1.54) is 21.5 Å². The first-order valence-electron chi connectivity index (χ1n) is 8.37. The second kappa shape index (κ2) is 8.96. The van der Waals surface area contributed by atoms with E-state index in [0.717, 1.165) is 6.32 Å². The van der Waals surface area contributed by atoms with E-state index in [0.29, 0.717) is 0 Å². The molecule has 3 aromatic carbocycles. The van der Waals surface area contributed by atoms with Crippen LogP contribution in [0.2, 0.25) is 0 Å². The Morgan fingerprint density at radius 3 is 1.68 bits per heavy atom. The van der Waals surface area contributed by atoms with Crippen LogP contribution in [0, 0.1) is 0 Å². The van der Waals surface area contributed by atoms with Crippen LogP contribution in [-0.2, 0) is 15.6 Å². The molecule has 0 atom stereocenters. The third-order valence-corrected chi connectivity index (χ3v) is 6.72. The van der Waals surface area contributed by atoms with Gasteiger partial charge in [0.1, 0.15) is 0 Å². The van der Waals surface area contributed by atoms with E-state index in [1.807, 2.05) is 0 Å². The van der Waals surface area contributed by atoms with Crippen LogP contribution >= 0.6 is 7.92 Å². The Hall–Kier alpha value is -1.93. The average molecular weight is 348 g/mol. The Bertz CT molecular complexity index is 737. The van der Waals surface area contributed by atoms with Gasteiger partial charge in [0, 0.05) is 20.5 Å². The second-order valence-electron chi connectivity index (χ2n) is 5.74. The summed E-state index contributed by atoms with van der Waals surface area (Å²) in [5.74, 6) is 0. The van der Waals surface area contributed by atoms with E-state index in [4.69, 9.17) is 9.31 Å². The Kier molecular flexibility index (Phi) is 6.41. The SMILES string of the molecule is COB(Cc1ccccc1P(c1ccccc1)c1ccccc1)OC. The molecule has 0 aliphatic carbocycles. The van der Waals surface area contributed by atoms with Crippen LogP contribution in [0.25, 0.3) is 0 Å². The third kappa shape index (κ3) is 4.38. The summed E-state index contributed by atoms with van der Waals surface area (Å²) in [7, 11) is 2.53. The predicted molar refractivity (Wildman–Crippen MR) is 109 cm³/mol. The maximum atomic E-state index is 5.43. The zero-order valence-corrected chi connectivity index (χ0v) is 15.5. The maximum Gasteiger partial charge on any atom is 0.461 e. The van der Waals surface area contributed by atoms with E-state index in [9.17, 15) is 0 Å². The first-order chi connectivity index (χ1) is 12.3. The quantitative estimate of drug-likeness (QED) is 0.482. The lowest BCUT2D eigenvalue weighted by atomic mass is 9.81. The van der Waals surface area contributed by atoms with Crippen molar-refractivity contribution in [1.29, 1.82) is 0 Å². The van der Waals surface area contributed by atoms with Crippen molar-refractivity contribution < 1.29 is 9.31 Å². The molecule has 0 spiro atoms. The van der Waals surface area contributed by atoms with Gasteiger partial charge in [-0.25, -0.2) is 0 Å². The monoisotopic (exact) mass is 348 g/mol. The number of hydrogen-bond acceptors (Lipinski definition) is 2. The van der Waals surface area contributed by atoms with Crippen molar-refractivity contribution in [1.82, 2.24) is 0 Å². The van der Waals surface area contributed by atoms with Gasteiger partial charge in [0.2, 0.25) is 0 Å². The van der Waals surface area contributed by atoms with Crippen LogP contribution in [0.1, 0.15) is 5.56 Å². The molecule has 3 aromatic rings. The molecule has 126 valence electrons. The summed E-state index contributed by atoms with van der Waals surface area (Å²) in [6.45, 7) is 0.